The third-order valence-corrected chi connectivity index (χ3v) is 5.12. The van der Waals surface area contributed by atoms with Crippen LogP contribution in [-0.2, 0) is 19.1 Å². The summed E-state index contributed by atoms with van der Waals surface area (Å²) in [6, 6.07) is 6.21. The first-order chi connectivity index (χ1) is 16.9. The molecule has 1 atom stereocenters. The zero-order chi connectivity index (χ0) is 27.6. The number of aliphatic hydroxyl groups is 1. The fourth-order valence-electron chi connectivity index (χ4n) is 3.30. The van der Waals surface area contributed by atoms with Gasteiger partial charge in [-0.05, 0) is 61.2 Å². The number of aryl methyl sites for hydroxylation is 2. The molecule has 2 rings (SSSR count). The van der Waals surface area contributed by atoms with E-state index in [0.29, 0.717) is 40.8 Å². The van der Waals surface area contributed by atoms with Gasteiger partial charge in [0.2, 0.25) is 11.8 Å². The van der Waals surface area contributed by atoms with Crippen molar-refractivity contribution in [2.75, 3.05) is 24.9 Å². The summed E-state index contributed by atoms with van der Waals surface area (Å²) in [4.78, 5) is 56.2. The fourth-order valence-corrected chi connectivity index (χ4v) is 3.30. The standard InChI is InChI=1S/C14H19NO4.C12H13NO4/c1-5-13(17)10-7-11(14(18)19-4)12(6-8(10)2)15-9(3)16;1-7-4-11(13-8(2)15)10(12(16)17-3)5-9(7)6-14/h6-7,13,17H,5H2,1-4H3,(H,15,16);4-6H,1-3H3,(H,13,15). The highest BCUT2D eigenvalue weighted by Crippen LogP contribution is 2.28. The molecule has 3 N–H and O–H groups in total. The Labute approximate surface area is 210 Å². The molecule has 0 aliphatic heterocycles. The summed E-state index contributed by atoms with van der Waals surface area (Å²) >= 11 is 0. The molecule has 0 aliphatic carbocycles. The normalized spacial score (nSPS) is 10.8. The van der Waals surface area contributed by atoms with E-state index >= 15 is 0 Å². The van der Waals surface area contributed by atoms with Crippen molar-refractivity contribution in [1.29, 1.82) is 0 Å². The number of hydrogen-bond acceptors (Lipinski definition) is 8. The zero-order valence-corrected chi connectivity index (χ0v) is 21.5. The van der Waals surface area contributed by atoms with Crippen LogP contribution < -0.4 is 10.6 Å². The molecule has 10 heteroatoms. The van der Waals surface area contributed by atoms with Gasteiger partial charge in [-0.3, -0.25) is 14.4 Å². The maximum Gasteiger partial charge on any atom is 0.339 e. The predicted octanol–water partition coefficient (Wildman–Crippen LogP) is 3.74. The SMILES string of the molecule is CCC(O)c1cc(C(=O)OC)c(NC(C)=O)cc1C.COC(=O)c1cc(C=O)c(C)cc1NC(C)=O. The molecule has 1 unspecified atom stereocenters. The molecule has 194 valence electrons. The zero-order valence-electron chi connectivity index (χ0n) is 21.5. The van der Waals surface area contributed by atoms with Crippen LogP contribution in [0.5, 0.6) is 0 Å². The van der Waals surface area contributed by atoms with Crippen molar-refractivity contribution in [3.05, 3.63) is 57.6 Å². The molecule has 0 aromatic heterocycles. The fraction of sp³-hybridized carbons (Fsp3) is 0.346. The minimum Gasteiger partial charge on any atom is -0.465 e. The van der Waals surface area contributed by atoms with Gasteiger partial charge in [0.15, 0.2) is 0 Å². The number of methoxy groups -OCH3 is 2. The summed E-state index contributed by atoms with van der Waals surface area (Å²) in [5.41, 5.74) is 3.68. The van der Waals surface area contributed by atoms with Gasteiger partial charge in [-0.1, -0.05) is 6.92 Å². The van der Waals surface area contributed by atoms with E-state index in [1.165, 1.54) is 34.1 Å². The number of aldehydes is 1. The lowest BCUT2D eigenvalue weighted by Crippen LogP contribution is -2.14. The van der Waals surface area contributed by atoms with Crippen LogP contribution in [0, 0.1) is 13.8 Å². The van der Waals surface area contributed by atoms with Crippen molar-refractivity contribution in [1.82, 2.24) is 0 Å². The van der Waals surface area contributed by atoms with E-state index in [-0.39, 0.29) is 22.9 Å². The van der Waals surface area contributed by atoms with E-state index < -0.39 is 18.0 Å². The maximum atomic E-state index is 11.7. The Balaban J connectivity index is 0.000000362. The van der Waals surface area contributed by atoms with Crippen LogP contribution in [0.15, 0.2) is 24.3 Å². The Morgan fingerprint density at radius 2 is 1.31 bits per heavy atom. The minimum absolute atomic E-state index is 0.162. The molecule has 10 nitrogen and oxygen atoms in total. The Bertz CT molecular complexity index is 1160. The van der Waals surface area contributed by atoms with Crippen LogP contribution in [0.4, 0.5) is 11.4 Å². The van der Waals surface area contributed by atoms with Crippen molar-refractivity contribution in [3.8, 4) is 0 Å². The summed E-state index contributed by atoms with van der Waals surface area (Å²) in [6.45, 7) is 8.09. The molecule has 0 spiro atoms. The molecule has 0 aliphatic rings. The molecule has 2 amide bonds. The second-order valence-corrected chi connectivity index (χ2v) is 7.90. The van der Waals surface area contributed by atoms with Gasteiger partial charge in [0.05, 0.1) is 42.8 Å². The van der Waals surface area contributed by atoms with E-state index in [2.05, 4.69) is 15.4 Å². The third-order valence-electron chi connectivity index (χ3n) is 5.12. The van der Waals surface area contributed by atoms with E-state index in [0.717, 1.165) is 5.56 Å². The van der Waals surface area contributed by atoms with Crippen molar-refractivity contribution >= 4 is 41.4 Å². The number of benzene rings is 2. The van der Waals surface area contributed by atoms with Gasteiger partial charge in [-0.15, -0.1) is 0 Å². The average molecular weight is 501 g/mol. The Morgan fingerprint density at radius 1 is 0.861 bits per heavy atom. The second kappa shape index (κ2) is 13.7. The molecular weight excluding hydrogens is 468 g/mol. The molecule has 0 saturated heterocycles. The molecule has 2 aromatic carbocycles. The molecule has 0 radical (unpaired) electrons. The quantitative estimate of drug-likeness (QED) is 0.385. The van der Waals surface area contributed by atoms with Crippen molar-refractivity contribution in [2.24, 2.45) is 0 Å². The van der Waals surface area contributed by atoms with Crippen LogP contribution in [0.1, 0.15) is 81.1 Å². The van der Waals surface area contributed by atoms with Crippen molar-refractivity contribution < 1.29 is 38.6 Å². The van der Waals surface area contributed by atoms with Crippen LogP contribution >= 0.6 is 0 Å². The van der Waals surface area contributed by atoms with Gasteiger partial charge in [-0.25, -0.2) is 9.59 Å². The van der Waals surface area contributed by atoms with Gasteiger partial charge in [0, 0.05) is 19.4 Å². The van der Waals surface area contributed by atoms with Crippen LogP contribution in [0.3, 0.4) is 0 Å². The Hall–Kier alpha value is -4.05. The summed E-state index contributed by atoms with van der Waals surface area (Å²) in [6.07, 6.45) is 0.551. The number of carbonyl (C=O) groups excluding carboxylic acids is 5. The van der Waals surface area contributed by atoms with Crippen molar-refractivity contribution in [2.45, 2.75) is 47.1 Å². The van der Waals surface area contributed by atoms with Gasteiger partial charge in [0.1, 0.15) is 6.29 Å². The summed E-state index contributed by atoms with van der Waals surface area (Å²) in [5, 5.41) is 15.0. The number of ether oxygens (including phenoxy) is 2. The number of rotatable bonds is 7. The lowest BCUT2D eigenvalue weighted by atomic mass is 9.97. The molecular formula is C26H32N2O8. The molecule has 0 heterocycles. The van der Waals surface area contributed by atoms with Crippen molar-refractivity contribution in [3.63, 3.8) is 0 Å². The summed E-state index contributed by atoms with van der Waals surface area (Å²) < 4.78 is 9.29. The number of amides is 2. The van der Waals surface area contributed by atoms with Gasteiger partial charge >= 0.3 is 11.9 Å². The highest BCUT2D eigenvalue weighted by atomic mass is 16.5. The monoisotopic (exact) mass is 500 g/mol. The number of hydrogen-bond donors (Lipinski definition) is 3. The molecule has 0 saturated carbocycles. The van der Waals surface area contributed by atoms with Gasteiger partial charge < -0.3 is 25.2 Å². The van der Waals surface area contributed by atoms with Crippen LogP contribution in [-0.4, -0.2) is 49.4 Å². The average Bonchev–Trinajstić information content (AvgIpc) is 2.82. The second-order valence-electron chi connectivity index (χ2n) is 7.90. The van der Waals surface area contributed by atoms with Crippen LogP contribution in [0.25, 0.3) is 0 Å². The van der Waals surface area contributed by atoms with Crippen LogP contribution in [0.2, 0.25) is 0 Å². The number of aliphatic hydroxyl groups excluding tert-OH is 1. The largest absolute Gasteiger partial charge is 0.465 e. The Kier molecular flexibility index (Phi) is 11.4. The summed E-state index contributed by atoms with van der Waals surface area (Å²) in [5.74, 6) is -1.72. The van der Waals surface area contributed by atoms with E-state index in [1.807, 2.05) is 13.8 Å². The first-order valence-corrected chi connectivity index (χ1v) is 11.0. The molecule has 0 bridgehead atoms. The molecule has 36 heavy (non-hydrogen) atoms. The number of nitrogens with one attached hydrogen (secondary N) is 2. The first kappa shape index (κ1) is 30.0. The Morgan fingerprint density at radius 3 is 1.69 bits per heavy atom. The molecule has 2 aromatic rings. The van der Waals surface area contributed by atoms with E-state index in [1.54, 1.807) is 25.1 Å². The first-order valence-electron chi connectivity index (χ1n) is 11.0. The minimum atomic E-state index is -0.644. The summed E-state index contributed by atoms with van der Waals surface area (Å²) in [7, 11) is 2.51. The molecule has 0 fully saturated rings. The number of esters is 2. The topological polar surface area (TPSA) is 148 Å². The highest BCUT2D eigenvalue weighted by molar-refractivity contribution is 6.02. The lowest BCUT2D eigenvalue weighted by molar-refractivity contribution is -0.115. The van der Waals surface area contributed by atoms with Gasteiger partial charge in [-0.2, -0.15) is 0 Å². The number of anilines is 2. The predicted molar refractivity (Wildman–Crippen MR) is 134 cm³/mol. The maximum absolute atomic E-state index is 11.7. The number of carbonyl (C=O) groups is 5. The smallest absolute Gasteiger partial charge is 0.339 e. The van der Waals surface area contributed by atoms with E-state index in [4.69, 9.17) is 4.74 Å². The lowest BCUT2D eigenvalue weighted by Gasteiger charge is -2.16. The van der Waals surface area contributed by atoms with E-state index in [9.17, 15) is 29.1 Å². The highest BCUT2D eigenvalue weighted by Gasteiger charge is 2.19. The van der Waals surface area contributed by atoms with Gasteiger partial charge in [0.25, 0.3) is 0 Å². The third kappa shape index (κ3) is 8.02.